The van der Waals surface area contributed by atoms with E-state index in [0.717, 1.165) is 5.01 Å². The fraction of sp³-hybridized carbons (Fsp3) is 0.292. The second-order valence-electron chi connectivity index (χ2n) is 8.20. The standard InChI is InChI=1S/C24H26N6O4S/c1-15(2)22-28-29-23(35-22)27-21(32)17-4-3-5-19(14-17)25-20(31)16-6-8-18(9-7-16)26-24(33)30-10-12-34-13-11-30/h3-9,14-15H,10-13H2,1-2H3,(H,25,31)(H,26,33)(H,27,29,32). The average molecular weight is 495 g/mol. The average Bonchev–Trinajstić information content (AvgIpc) is 3.34. The van der Waals surface area contributed by atoms with E-state index in [9.17, 15) is 14.4 Å². The van der Waals surface area contributed by atoms with Gasteiger partial charge in [0.15, 0.2) is 0 Å². The number of hydrogen-bond acceptors (Lipinski definition) is 7. The summed E-state index contributed by atoms with van der Waals surface area (Å²) in [5, 5.41) is 17.7. The summed E-state index contributed by atoms with van der Waals surface area (Å²) < 4.78 is 5.25. The lowest BCUT2D eigenvalue weighted by molar-refractivity contribution is 0.0564. The van der Waals surface area contributed by atoms with Gasteiger partial charge >= 0.3 is 6.03 Å². The van der Waals surface area contributed by atoms with Crippen molar-refractivity contribution in [2.24, 2.45) is 0 Å². The molecule has 1 saturated heterocycles. The highest BCUT2D eigenvalue weighted by Crippen LogP contribution is 2.23. The van der Waals surface area contributed by atoms with Gasteiger partial charge < -0.3 is 20.3 Å². The van der Waals surface area contributed by atoms with E-state index in [4.69, 9.17) is 4.74 Å². The third kappa shape index (κ3) is 6.40. The van der Waals surface area contributed by atoms with Crippen LogP contribution < -0.4 is 16.0 Å². The Bertz CT molecular complexity index is 1200. The fourth-order valence-electron chi connectivity index (χ4n) is 3.30. The Morgan fingerprint density at radius 2 is 1.60 bits per heavy atom. The van der Waals surface area contributed by atoms with Crippen molar-refractivity contribution in [1.29, 1.82) is 0 Å². The van der Waals surface area contributed by atoms with Crippen molar-refractivity contribution in [2.45, 2.75) is 19.8 Å². The Labute approximate surface area is 206 Å². The third-order valence-corrected chi connectivity index (χ3v) is 6.37. The van der Waals surface area contributed by atoms with Gasteiger partial charge in [0, 0.05) is 41.5 Å². The molecule has 0 saturated carbocycles. The summed E-state index contributed by atoms with van der Waals surface area (Å²) in [6, 6.07) is 13.0. The second-order valence-corrected chi connectivity index (χ2v) is 9.21. The maximum absolute atomic E-state index is 12.7. The molecule has 0 spiro atoms. The van der Waals surface area contributed by atoms with E-state index in [0.29, 0.717) is 53.9 Å². The van der Waals surface area contributed by atoms with Crippen LogP contribution in [-0.2, 0) is 4.74 Å². The number of nitrogens with one attached hydrogen (secondary N) is 3. The van der Waals surface area contributed by atoms with Crippen LogP contribution >= 0.6 is 11.3 Å². The molecule has 1 aliphatic heterocycles. The predicted molar refractivity (Wildman–Crippen MR) is 134 cm³/mol. The molecule has 1 aliphatic rings. The Kier molecular flexibility index (Phi) is 7.68. The fourth-order valence-corrected chi connectivity index (χ4v) is 4.04. The van der Waals surface area contributed by atoms with E-state index in [2.05, 4.69) is 26.1 Å². The molecule has 1 fully saturated rings. The number of rotatable bonds is 6. The Morgan fingerprint density at radius 3 is 2.29 bits per heavy atom. The van der Waals surface area contributed by atoms with Gasteiger partial charge in [-0.15, -0.1) is 10.2 Å². The van der Waals surface area contributed by atoms with Crippen LogP contribution in [0, 0.1) is 0 Å². The molecule has 4 amide bonds. The SMILES string of the molecule is CC(C)c1nnc(NC(=O)c2cccc(NC(=O)c3ccc(NC(=O)N4CCOCC4)cc3)c2)s1. The lowest BCUT2D eigenvalue weighted by Crippen LogP contribution is -2.43. The lowest BCUT2D eigenvalue weighted by Gasteiger charge is -2.26. The molecule has 3 N–H and O–H groups in total. The van der Waals surface area contributed by atoms with Gasteiger partial charge in [-0.05, 0) is 42.5 Å². The van der Waals surface area contributed by atoms with Gasteiger partial charge in [-0.2, -0.15) is 0 Å². The smallest absolute Gasteiger partial charge is 0.321 e. The Hall–Kier alpha value is -3.83. The van der Waals surface area contributed by atoms with Crippen molar-refractivity contribution in [3.05, 3.63) is 64.7 Å². The number of benzene rings is 2. The van der Waals surface area contributed by atoms with Gasteiger partial charge in [-0.1, -0.05) is 31.3 Å². The molecule has 2 aromatic carbocycles. The van der Waals surface area contributed by atoms with Crippen molar-refractivity contribution in [3.63, 3.8) is 0 Å². The minimum absolute atomic E-state index is 0.199. The van der Waals surface area contributed by atoms with Crippen LogP contribution in [0.4, 0.5) is 21.3 Å². The van der Waals surface area contributed by atoms with Crippen molar-refractivity contribution in [2.75, 3.05) is 42.3 Å². The maximum Gasteiger partial charge on any atom is 0.321 e. The van der Waals surface area contributed by atoms with E-state index in [1.807, 2.05) is 13.8 Å². The van der Waals surface area contributed by atoms with E-state index in [1.54, 1.807) is 53.4 Å². The first-order chi connectivity index (χ1) is 16.9. The summed E-state index contributed by atoms with van der Waals surface area (Å²) in [4.78, 5) is 39.3. The van der Waals surface area contributed by atoms with Crippen molar-refractivity contribution < 1.29 is 19.1 Å². The summed E-state index contributed by atoms with van der Waals surface area (Å²) in [7, 11) is 0. The lowest BCUT2D eigenvalue weighted by atomic mass is 10.1. The molecule has 3 aromatic rings. The zero-order chi connectivity index (χ0) is 24.8. The molecule has 0 atom stereocenters. The summed E-state index contributed by atoms with van der Waals surface area (Å²) in [6.07, 6.45) is 0. The van der Waals surface area contributed by atoms with Crippen LogP contribution in [0.15, 0.2) is 48.5 Å². The van der Waals surface area contributed by atoms with Crippen molar-refractivity contribution in [3.8, 4) is 0 Å². The van der Waals surface area contributed by atoms with Crippen molar-refractivity contribution >= 4 is 45.7 Å². The second kappa shape index (κ2) is 11.1. The highest BCUT2D eigenvalue weighted by molar-refractivity contribution is 7.15. The molecule has 0 bridgehead atoms. The monoisotopic (exact) mass is 494 g/mol. The summed E-state index contributed by atoms with van der Waals surface area (Å²) in [5.41, 5.74) is 1.87. The first-order valence-electron chi connectivity index (χ1n) is 11.2. The number of hydrogen-bond donors (Lipinski definition) is 3. The topological polar surface area (TPSA) is 126 Å². The Balaban J connectivity index is 1.34. The van der Waals surface area contributed by atoms with Crippen molar-refractivity contribution in [1.82, 2.24) is 15.1 Å². The van der Waals surface area contributed by atoms with Crippen LogP contribution in [0.25, 0.3) is 0 Å². The van der Waals surface area contributed by atoms with E-state index in [-0.39, 0.29) is 23.8 Å². The molecular weight excluding hydrogens is 468 g/mol. The predicted octanol–water partition coefficient (Wildman–Crippen LogP) is 4.03. The molecule has 0 unspecified atom stereocenters. The first kappa shape index (κ1) is 24.3. The van der Waals surface area contributed by atoms with Gasteiger partial charge in [-0.3, -0.25) is 14.9 Å². The number of urea groups is 1. The zero-order valence-electron chi connectivity index (χ0n) is 19.4. The number of anilines is 3. The largest absolute Gasteiger partial charge is 0.378 e. The van der Waals surface area contributed by atoms with Gasteiger partial charge in [0.25, 0.3) is 11.8 Å². The third-order valence-electron chi connectivity index (χ3n) is 5.23. The number of aromatic nitrogens is 2. The molecule has 182 valence electrons. The van der Waals surface area contributed by atoms with Gasteiger partial charge in [0.1, 0.15) is 5.01 Å². The summed E-state index contributed by atoms with van der Waals surface area (Å²) in [5.74, 6) is -0.445. The van der Waals surface area contributed by atoms with Crippen LogP contribution in [0.5, 0.6) is 0 Å². The molecule has 11 heteroatoms. The molecule has 0 radical (unpaired) electrons. The highest BCUT2D eigenvalue weighted by atomic mass is 32.1. The normalized spacial score (nSPS) is 13.4. The zero-order valence-corrected chi connectivity index (χ0v) is 20.2. The quantitative estimate of drug-likeness (QED) is 0.475. The number of ether oxygens (including phenoxy) is 1. The molecule has 4 rings (SSSR count). The maximum atomic E-state index is 12.7. The summed E-state index contributed by atoms with van der Waals surface area (Å²) >= 11 is 1.33. The van der Waals surface area contributed by atoms with Crippen LogP contribution in [0.2, 0.25) is 0 Å². The minimum Gasteiger partial charge on any atom is -0.378 e. The van der Waals surface area contributed by atoms with E-state index >= 15 is 0 Å². The number of amides is 4. The summed E-state index contributed by atoms with van der Waals surface area (Å²) in [6.45, 7) is 6.15. The first-order valence-corrected chi connectivity index (χ1v) is 12.0. The van der Waals surface area contributed by atoms with Gasteiger partial charge in [0.2, 0.25) is 5.13 Å². The highest BCUT2D eigenvalue weighted by Gasteiger charge is 2.17. The number of nitrogens with zero attached hydrogens (tertiary/aromatic N) is 3. The number of carbonyl (C=O) groups is 3. The molecule has 35 heavy (non-hydrogen) atoms. The van der Waals surface area contributed by atoms with E-state index < -0.39 is 0 Å². The molecule has 2 heterocycles. The Morgan fingerprint density at radius 1 is 0.886 bits per heavy atom. The minimum atomic E-state index is -0.340. The van der Waals surface area contributed by atoms with Crippen LogP contribution in [0.3, 0.4) is 0 Å². The molecule has 1 aromatic heterocycles. The van der Waals surface area contributed by atoms with Gasteiger partial charge in [-0.25, -0.2) is 4.79 Å². The van der Waals surface area contributed by atoms with Crippen LogP contribution in [0.1, 0.15) is 45.5 Å². The van der Waals surface area contributed by atoms with Crippen LogP contribution in [-0.4, -0.2) is 59.2 Å². The number of morpholine rings is 1. The molecule has 0 aliphatic carbocycles. The van der Waals surface area contributed by atoms with E-state index in [1.165, 1.54) is 11.3 Å². The number of carbonyl (C=O) groups excluding carboxylic acids is 3. The van der Waals surface area contributed by atoms with Gasteiger partial charge in [0.05, 0.1) is 13.2 Å². The molecule has 10 nitrogen and oxygen atoms in total. The molecular formula is C24H26N6O4S.